The zero-order chi connectivity index (χ0) is 20.6. The summed E-state index contributed by atoms with van der Waals surface area (Å²) in [5, 5.41) is 2.71. The van der Waals surface area contributed by atoms with E-state index in [0.29, 0.717) is 0 Å². The van der Waals surface area contributed by atoms with Crippen molar-refractivity contribution in [2.75, 3.05) is 19.8 Å². The summed E-state index contributed by atoms with van der Waals surface area (Å²) in [5.74, 6) is 0. The predicted molar refractivity (Wildman–Crippen MR) is 122 cm³/mol. The molecule has 2 aromatic carbocycles. The Hall–Kier alpha value is -1.46. The lowest BCUT2D eigenvalue weighted by Gasteiger charge is -2.43. The smallest absolute Gasteiger partial charge is 0.261 e. The highest BCUT2D eigenvalue weighted by Crippen LogP contribution is 2.36. The molecular weight excluding hydrogens is 376 g/mol. The average Bonchev–Trinajstić information content (AvgIpc) is 2.74. The molecule has 0 aromatic heterocycles. The minimum Gasteiger partial charge on any atom is -0.407 e. The molecule has 1 fully saturated rings. The Bertz CT molecular complexity index is 666. The molecule has 29 heavy (non-hydrogen) atoms. The molecule has 0 aliphatic carbocycles. The maximum atomic E-state index is 6.91. The molecule has 0 N–H and O–H groups in total. The van der Waals surface area contributed by atoms with E-state index >= 15 is 0 Å². The normalized spacial score (nSPS) is 18.0. The lowest BCUT2D eigenvalue weighted by atomic mass is 10.2. The molecule has 1 heterocycles. The highest BCUT2D eigenvalue weighted by Gasteiger charge is 2.49. The lowest BCUT2D eigenvalue weighted by molar-refractivity contribution is -0.162. The van der Waals surface area contributed by atoms with Crippen LogP contribution in [0, 0.1) is 0 Å². The molecule has 0 amide bonds. The van der Waals surface area contributed by atoms with E-state index in [-0.39, 0.29) is 11.3 Å². The van der Waals surface area contributed by atoms with Crippen LogP contribution in [-0.4, -0.2) is 34.4 Å². The highest BCUT2D eigenvalue weighted by atomic mass is 28.4. The van der Waals surface area contributed by atoms with Gasteiger partial charge in [0.05, 0.1) is 0 Å². The van der Waals surface area contributed by atoms with Gasteiger partial charge in [-0.2, -0.15) is 0 Å². The molecule has 1 aliphatic heterocycles. The van der Waals surface area contributed by atoms with Gasteiger partial charge in [0.15, 0.2) is 6.29 Å². The molecule has 158 valence electrons. The van der Waals surface area contributed by atoms with Crippen LogP contribution in [0.1, 0.15) is 52.9 Å². The zero-order valence-electron chi connectivity index (χ0n) is 18.2. The second-order valence-electron chi connectivity index (χ2n) is 8.89. The van der Waals surface area contributed by atoms with Crippen molar-refractivity contribution in [2.24, 2.45) is 0 Å². The standard InChI is InChI=1S/C25H36O3Si/c1-25(2,3)29(22-14-6-4-7-15-22,23-16-8-5-9-17-23)28-21-13-12-20-27-24-18-10-11-19-26-24/h4-9,14-17,24H,10-13,18-21H2,1-3H3. The number of ether oxygens (including phenoxy) is 2. The first-order valence-corrected chi connectivity index (χ1v) is 12.9. The van der Waals surface area contributed by atoms with Gasteiger partial charge in [-0.25, -0.2) is 0 Å². The SMILES string of the molecule is CC(C)(C)[Si](OCCCCOC1CCCCO1)(c1ccccc1)c1ccccc1. The molecule has 0 radical (unpaired) electrons. The topological polar surface area (TPSA) is 27.7 Å². The third-order valence-corrected chi connectivity index (χ3v) is 10.8. The number of hydrogen-bond acceptors (Lipinski definition) is 3. The van der Waals surface area contributed by atoms with E-state index < -0.39 is 8.32 Å². The van der Waals surface area contributed by atoms with E-state index in [1.807, 2.05) is 0 Å². The Morgan fingerprint density at radius 3 is 1.97 bits per heavy atom. The van der Waals surface area contributed by atoms with Gasteiger partial charge in [0, 0.05) is 19.8 Å². The van der Waals surface area contributed by atoms with Crippen molar-refractivity contribution < 1.29 is 13.9 Å². The Morgan fingerprint density at radius 1 is 0.862 bits per heavy atom. The van der Waals surface area contributed by atoms with Crippen molar-refractivity contribution in [1.82, 2.24) is 0 Å². The molecule has 0 bridgehead atoms. The summed E-state index contributed by atoms with van der Waals surface area (Å²) in [6.07, 6.45) is 5.39. The molecule has 1 aliphatic rings. The molecule has 1 saturated heterocycles. The summed E-state index contributed by atoms with van der Waals surface area (Å²) in [6, 6.07) is 21.7. The Balaban J connectivity index is 1.67. The van der Waals surface area contributed by atoms with Gasteiger partial charge in [-0.05, 0) is 47.5 Å². The minimum atomic E-state index is -2.41. The van der Waals surface area contributed by atoms with Crippen molar-refractivity contribution in [3.05, 3.63) is 60.7 Å². The number of unbranched alkanes of at least 4 members (excludes halogenated alkanes) is 1. The number of hydrogen-bond donors (Lipinski definition) is 0. The molecular formula is C25H36O3Si. The fourth-order valence-corrected chi connectivity index (χ4v) is 8.85. The second kappa shape index (κ2) is 10.5. The van der Waals surface area contributed by atoms with Gasteiger partial charge in [0.25, 0.3) is 8.32 Å². The largest absolute Gasteiger partial charge is 0.407 e. The summed E-state index contributed by atoms with van der Waals surface area (Å²) in [4.78, 5) is 0. The van der Waals surface area contributed by atoms with Crippen LogP contribution < -0.4 is 10.4 Å². The molecule has 0 spiro atoms. The van der Waals surface area contributed by atoms with Crippen LogP contribution in [0.4, 0.5) is 0 Å². The van der Waals surface area contributed by atoms with Gasteiger partial charge in [-0.15, -0.1) is 0 Å². The van der Waals surface area contributed by atoms with Gasteiger partial charge in [-0.3, -0.25) is 0 Å². The molecule has 4 heteroatoms. The Labute approximate surface area is 177 Å². The molecule has 2 aromatic rings. The van der Waals surface area contributed by atoms with Gasteiger partial charge in [-0.1, -0.05) is 81.4 Å². The third kappa shape index (κ3) is 5.57. The first-order valence-electron chi connectivity index (χ1n) is 11.0. The molecule has 3 nitrogen and oxygen atoms in total. The third-order valence-electron chi connectivity index (χ3n) is 5.72. The molecule has 1 unspecified atom stereocenters. The van der Waals surface area contributed by atoms with Crippen LogP contribution in [-0.2, 0) is 13.9 Å². The Morgan fingerprint density at radius 2 is 1.45 bits per heavy atom. The van der Waals surface area contributed by atoms with Gasteiger partial charge in [0.1, 0.15) is 0 Å². The molecule has 1 atom stereocenters. The van der Waals surface area contributed by atoms with Crippen LogP contribution in [0.2, 0.25) is 5.04 Å². The van der Waals surface area contributed by atoms with Gasteiger partial charge in [0.2, 0.25) is 0 Å². The van der Waals surface area contributed by atoms with Crippen molar-refractivity contribution in [2.45, 2.75) is 64.2 Å². The van der Waals surface area contributed by atoms with Crippen LogP contribution in [0.5, 0.6) is 0 Å². The summed E-state index contributed by atoms with van der Waals surface area (Å²) < 4.78 is 18.4. The van der Waals surface area contributed by atoms with E-state index in [4.69, 9.17) is 13.9 Å². The maximum absolute atomic E-state index is 6.91. The highest BCUT2D eigenvalue weighted by molar-refractivity contribution is 6.99. The van der Waals surface area contributed by atoms with Crippen LogP contribution in [0.15, 0.2) is 60.7 Å². The van der Waals surface area contributed by atoms with Gasteiger partial charge >= 0.3 is 0 Å². The monoisotopic (exact) mass is 412 g/mol. The summed E-state index contributed by atoms with van der Waals surface area (Å²) >= 11 is 0. The average molecular weight is 413 g/mol. The zero-order valence-corrected chi connectivity index (χ0v) is 19.2. The van der Waals surface area contributed by atoms with Crippen LogP contribution in [0.25, 0.3) is 0 Å². The molecule has 0 saturated carbocycles. The first-order chi connectivity index (χ1) is 14.0. The van der Waals surface area contributed by atoms with Crippen molar-refractivity contribution in [1.29, 1.82) is 0 Å². The second-order valence-corrected chi connectivity index (χ2v) is 13.2. The van der Waals surface area contributed by atoms with Crippen molar-refractivity contribution in [3.8, 4) is 0 Å². The van der Waals surface area contributed by atoms with E-state index in [1.165, 1.54) is 16.8 Å². The first kappa shape index (κ1) is 22.2. The quantitative estimate of drug-likeness (QED) is 0.434. The van der Waals surface area contributed by atoms with E-state index in [2.05, 4.69) is 81.4 Å². The van der Waals surface area contributed by atoms with Crippen LogP contribution >= 0.6 is 0 Å². The van der Waals surface area contributed by atoms with E-state index in [9.17, 15) is 0 Å². The fourth-order valence-electron chi connectivity index (χ4n) is 4.25. The van der Waals surface area contributed by atoms with E-state index in [0.717, 1.165) is 45.5 Å². The van der Waals surface area contributed by atoms with Crippen LogP contribution in [0.3, 0.4) is 0 Å². The summed E-state index contributed by atoms with van der Waals surface area (Å²) in [5.41, 5.74) is 0. The Kier molecular flexibility index (Phi) is 8.07. The number of rotatable bonds is 9. The fraction of sp³-hybridized carbons (Fsp3) is 0.520. The summed E-state index contributed by atoms with van der Waals surface area (Å²) in [7, 11) is -2.41. The summed E-state index contributed by atoms with van der Waals surface area (Å²) in [6.45, 7) is 9.30. The van der Waals surface area contributed by atoms with E-state index in [1.54, 1.807) is 0 Å². The van der Waals surface area contributed by atoms with Crippen molar-refractivity contribution in [3.63, 3.8) is 0 Å². The minimum absolute atomic E-state index is 0.00125. The predicted octanol–water partition coefficient (Wildman–Crippen LogP) is 4.89. The molecule has 3 rings (SSSR count). The lowest BCUT2D eigenvalue weighted by Crippen LogP contribution is -2.66. The van der Waals surface area contributed by atoms with Gasteiger partial charge < -0.3 is 13.9 Å². The maximum Gasteiger partial charge on any atom is 0.261 e. The van der Waals surface area contributed by atoms with Crippen molar-refractivity contribution >= 4 is 18.7 Å². The number of benzene rings is 2.